The van der Waals surface area contributed by atoms with Gasteiger partial charge in [-0.2, -0.15) is 0 Å². The van der Waals surface area contributed by atoms with Crippen LogP contribution < -0.4 is 14.2 Å². The monoisotopic (exact) mass is 309 g/mol. The lowest BCUT2D eigenvalue weighted by Crippen LogP contribution is -2.37. The van der Waals surface area contributed by atoms with Crippen molar-refractivity contribution in [2.75, 3.05) is 53.7 Å². The van der Waals surface area contributed by atoms with Crippen molar-refractivity contribution in [1.29, 1.82) is 0 Å². The summed E-state index contributed by atoms with van der Waals surface area (Å²) in [5, 5.41) is 0. The molecule has 2 rings (SSSR count). The van der Waals surface area contributed by atoms with Crippen LogP contribution in [0.4, 0.5) is 0 Å². The Balaban J connectivity index is 1.91. The van der Waals surface area contributed by atoms with Gasteiger partial charge in [-0.15, -0.1) is 0 Å². The Morgan fingerprint density at radius 2 is 1.91 bits per heavy atom. The molecule has 0 aromatic heterocycles. The third-order valence-electron chi connectivity index (χ3n) is 3.58. The fourth-order valence-electron chi connectivity index (χ4n) is 2.42. The van der Waals surface area contributed by atoms with Crippen LogP contribution in [0.15, 0.2) is 12.1 Å². The highest BCUT2D eigenvalue weighted by Gasteiger charge is 2.14. The Hall–Kier alpha value is -1.79. The number of benzene rings is 1. The van der Waals surface area contributed by atoms with Gasteiger partial charge in [0.05, 0.1) is 34.0 Å². The Bertz CT molecular complexity index is 486. The van der Waals surface area contributed by atoms with Gasteiger partial charge in [0.1, 0.15) is 6.29 Å². The highest BCUT2D eigenvalue weighted by Crippen LogP contribution is 2.38. The van der Waals surface area contributed by atoms with Gasteiger partial charge < -0.3 is 18.9 Å². The SMILES string of the molecule is COc1cc(C=O)cc(OCCCN2CCOCC2)c1OC. The zero-order valence-electron chi connectivity index (χ0n) is 13.2. The maximum atomic E-state index is 11.0. The molecule has 0 unspecified atom stereocenters. The number of aldehydes is 1. The standard InChI is InChI=1S/C16H23NO5/c1-19-14-10-13(12-18)11-15(16(14)20-2)22-7-3-4-17-5-8-21-9-6-17/h10-12H,3-9H2,1-2H3. The first-order valence-electron chi connectivity index (χ1n) is 7.42. The molecule has 0 N–H and O–H groups in total. The molecule has 22 heavy (non-hydrogen) atoms. The van der Waals surface area contributed by atoms with Crippen LogP contribution in [0.25, 0.3) is 0 Å². The van der Waals surface area contributed by atoms with E-state index in [4.69, 9.17) is 18.9 Å². The van der Waals surface area contributed by atoms with Gasteiger partial charge in [0.2, 0.25) is 5.75 Å². The average molecular weight is 309 g/mol. The second kappa shape index (κ2) is 8.60. The van der Waals surface area contributed by atoms with Gasteiger partial charge in [0.15, 0.2) is 11.5 Å². The van der Waals surface area contributed by atoms with Gasteiger partial charge in [0, 0.05) is 25.2 Å². The van der Waals surface area contributed by atoms with Crippen LogP contribution in [0.2, 0.25) is 0 Å². The normalized spacial score (nSPS) is 15.4. The maximum absolute atomic E-state index is 11.0. The molecule has 1 fully saturated rings. The summed E-state index contributed by atoms with van der Waals surface area (Å²) >= 11 is 0. The van der Waals surface area contributed by atoms with Crippen molar-refractivity contribution in [2.24, 2.45) is 0 Å². The molecule has 6 heteroatoms. The van der Waals surface area contributed by atoms with Crippen LogP contribution in [0.5, 0.6) is 17.2 Å². The topological polar surface area (TPSA) is 57.2 Å². The van der Waals surface area contributed by atoms with E-state index in [0.29, 0.717) is 29.4 Å². The first-order chi connectivity index (χ1) is 10.8. The van der Waals surface area contributed by atoms with Gasteiger partial charge in [-0.05, 0) is 18.6 Å². The summed E-state index contributed by atoms with van der Waals surface area (Å²) in [5.41, 5.74) is 0.501. The molecule has 0 radical (unpaired) electrons. The quantitative estimate of drug-likeness (QED) is 0.537. The van der Waals surface area contributed by atoms with E-state index < -0.39 is 0 Å². The fraction of sp³-hybridized carbons (Fsp3) is 0.562. The number of carbonyl (C=O) groups excluding carboxylic acids is 1. The van der Waals surface area contributed by atoms with E-state index in [1.165, 1.54) is 7.11 Å². The number of rotatable bonds is 8. The van der Waals surface area contributed by atoms with Crippen molar-refractivity contribution >= 4 is 6.29 Å². The molecule has 0 bridgehead atoms. The molecule has 1 heterocycles. The lowest BCUT2D eigenvalue weighted by Gasteiger charge is -2.26. The Kier molecular flexibility index (Phi) is 6.48. The third-order valence-corrected chi connectivity index (χ3v) is 3.58. The Morgan fingerprint density at radius 1 is 1.18 bits per heavy atom. The van der Waals surface area contributed by atoms with Crippen molar-refractivity contribution in [3.05, 3.63) is 17.7 Å². The summed E-state index contributed by atoms with van der Waals surface area (Å²) in [4.78, 5) is 13.3. The van der Waals surface area contributed by atoms with E-state index in [9.17, 15) is 4.79 Å². The van der Waals surface area contributed by atoms with Crippen molar-refractivity contribution < 1.29 is 23.7 Å². The van der Waals surface area contributed by atoms with Crippen LogP contribution in [-0.4, -0.2) is 64.9 Å². The second-order valence-electron chi connectivity index (χ2n) is 5.03. The first kappa shape index (κ1) is 16.6. The highest BCUT2D eigenvalue weighted by molar-refractivity contribution is 5.78. The van der Waals surface area contributed by atoms with Crippen molar-refractivity contribution in [3.63, 3.8) is 0 Å². The van der Waals surface area contributed by atoms with E-state index in [2.05, 4.69) is 4.90 Å². The van der Waals surface area contributed by atoms with E-state index in [-0.39, 0.29) is 0 Å². The molecule has 122 valence electrons. The zero-order valence-corrected chi connectivity index (χ0v) is 13.2. The lowest BCUT2D eigenvalue weighted by atomic mass is 10.2. The molecule has 6 nitrogen and oxygen atoms in total. The van der Waals surface area contributed by atoms with Gasteiger partial charge in [-0.25, -0.2) is 0 Å². The maximum Gasteiger partial charge on any atom is 0.203 e. The summed E-state index contributed by atoms with van der Waals surface area (Å²) in [7, 11) is 3.09. The summed E-state index contributed by atoms with van der Waals surface area (Å²) in [5.74, 6) is 1.54. The molecule has 0 saturated carbocycles. The minimum Gasteiger partial charge on any atom is -0.493 e. The molecular weight excluding hydrogens is 286 g/mol. The third kappa shape index (κ3) is 4.35. The number of hydrogen-bond acceptors (Lipinski definition) is 6. The first-order valence-corrected chi connectivity index (χ1v) is 7.42. The van der Waals surface area contributed by atoms with E-state index in [1.807, 2.05) is 0 Å². The number of hydrogen-bond donors (Lipinski definition) is 0. The summed E-state index contributed by atoms with van der Waals surface area (Å²) < 4.78 is 21.7. The van der Waals surface area contributed by atoms with Crippen LogP contribution >= 0.6 is 0 Å². The highest BCUT2D eigenvalue weighted by atomic mass is 16.5. The van der Waals surface area contributed by atoms with Crippen LogP contribution in [-0.2, 0) is 4.74 Å². The molecule has 1 aliphatic heterocycles. The Morgan fingerprint density at radius 3 is 2.55 bits per heavy atom. The average Bonchev–Trinajstić information content (AvgIpc) is 2.58. The minimum atomic E-state index is 0.496. The molecule has 0 atom stereocenters. The molecule has 0 spiro atoms. The molecular formula is C16H23NO5. The summed E-state index contributed by atoms with van der Waals surface area (Å²) in [6.45, 7) is 5.06. The molecule has 1 aliphatic rings. The van der Waals surface area contributed by atoms with Gasteiger partial charge in [0.25, 0.3) is 0 Å². The van der Waals surface area contributed by atoms with E-state index in [1.54, 1.807) is 19.2 Å². The summed E-state index contributed by atoms with van der Waals surface area (Å²) in [6, 6.07) is 3.30. The molecule has 0 amide bonds. The summed E-state index contributed by atoms with van der Waals surface area (Å²) in [6.07, 6.45) is 1.67. The van der Waals surface area contributed by atoms with Crippen LogP contribution in [0.3, 0.4) is 0 Å². The number of carbonyl (C=O) groups is 1. The van der Waals surface area contributed by atoms with Gasteiger partial charge in [-0.1, -0.05) is 0 Å². The lowest BCUT2D eigenvalue weighted by molar-refractivity contribution is 0.0357. The number of ether oxygens (including phenoxy) is 4. The van der Waals surface area contributed by atoms with Gasteiger partial charge in [-0.3, -0.25) is 9.69 Å². The van der Waals surface area contributed by atoms with Crippen LogP contribution in [0, 0.1) is 0 Å². The second-order valence-corrected chi connectivity index (χ2v) is 5.03. The van der Waals surface area contributed by atoms with E-state index in [0.717, 1.165) is 45.6 Å². The molecule has 1 aromatic rings. The predicted molar refractivity (Wildman–Crippen MR) is 82.3 cm³/mol. The largest absolute Gasteiger partial charge is 0.493 e. The van der Waals surface area contributed by atoms with Gasteiger partial charge >= 0.3 is 0 Å². The smallest absolute Gasteiger partial charge is 0.203 e. The number of methoxy groups -OCH3 is 2. The number of nitrogens with zero attached hydrogens (tertiary/aromatic N) is 1. The zero-order chi connectivity index (χ0) is 15.8. The number of morpholine rings is 1. The Labute approximate surface area is 130 Å². The van der Waals surface area contributed by atoms with E-state index >= 15 is 0 Å². The fourth-order valence-corrected chi connectivity index (χ4v) is 2.42. The predicted octanol–water partition coefficient (Wildman–Crippen LogP) is 1.62. The minimum absolute atomic E-state index is 0.496. The van der Waals surface area contributed by atoms with Crippen molar-refractivity contribution in [2.45, 2.75) is 6.42 Å². The van der Waals surface area contributed by atoms with Crippen molar-refractivity contribution in [3.8, 4) is 17.2 Å². The van der Waals surface area contributed by atoms with Crippen LogP contribution in [0.1, 0.15) is 16.8 Å². The molecule has 0 aliphatic carbocycles. The molecule has 1 aromatic carbocycles. The van der Waals surface area contributed by atoms with Crippen molar-refractivity contribution in [1.82, 2.24) is 4.90 Å². The molecule has 1 saturated heterocycles.